The van der Waals surface area contributed by atoms with Gasteiger partial charge >= 0.3 is 0 Å². The first-order valence-corrected chi connectivity index (χ1v) is 9.70. The minimum Gasteiger partial charge on any atom is -0.352 e. The van der Waals surface area contributed by atoms with Crippen molar-refractivity contribution in [1.29, 1.82) is 0 Å². The summed E-state index contributed by atoms with van der Waals surface area (Å²) < 4.78 is 23.6. The van der Waals surface area contributed by atoms with Crippen molar-refractivity contribution in [2.75, 3.05) is 19.0 Å². The summed E-state index contributed by atoms with van der Waals surface area (Å²) in [5, 5.41) is 5.46. The smallest absolute Gasteiger partial charge is 0.262 e. The number of nitrogens with one attached hydrogen (secondary N) is 3. The van der Waals surface area contributed by atoms with Gasteiger partial charge in [0.25, 0.3) is 21.8 Å². The van der Waals surface area contributed by atoms with Gasteiger partial charge in [0.15, 0.2) is 0 Å². The molecule has 0 aliphatic carbocycles. The van der Waals surface area contributed by atoms with Crippen molar-refractivity contribution in [2.24, 2.45) is 0 Å². The highest BCUT2D eigenvalue weighted by atomic mass is 32.2. The molecule has 144 valence electrons. The lowest BCUT2D eigenvalue weighted by Crippen LogP contribution is -2.23. The van der Waals surface area contributed by atoms with Gasteiger partial charge < -0.3 is 10.6 Å². The van der Waals surface area contributed by atoms with Gasteiger partial charge in [-0.05, 0) is 55.0 Å². The normalized spacial score (nSPS) is 11.0. The predicted octanol–water partition coefficient (Wildman–Crippen LogP) is 1.92. The van der Waals surface area contributed by atoms with Crippen molar-refractivity contribution in [1.82, 2.24) is 10.2 Å². The first-order valence-electron chi connectivity index (χ1n) is 8.22. The van der Waals surface area contributed by atoms with Crippen molar-refractivity contribution < 1.29 is 22.8 Å². The summed E-state index contributed by atoms with van der Waals surface area (Å²) in [7, 11) is -2.58. The van der Waals surface area contributed by atoms with Gasteiger partial charge in [-0.15, -0.1) is 0 Å². The molecule has 0 fully saturated rings. The van der Waals surface area contributed by atoms with Gasteiger partial charge in [0.2, 0.25) is 0 Å². The van der Waals surface area contributed by atoms with E-state index in [1.807, 2.05) is 11.8 Å². The molecule has 0 aliphatic heterocycles. The van der Waals surface area contributed by atoms with E-state index in [4.69, 9.17) is 0 Å². The Balaban J connectivity index is 2.03. The van der Waals surface area contributed by atoms with Crippen LogP contribution >= 0.6 is 0 Å². The molecule has 0 saturated heterocycles. The Hall–Kier alpha value is -2.75. The van der Waals surface area contributed by atoms with Crippen LogP contribution in [0.25, 0.3) is 0 Å². The Morgan fingerprint density at radius 3 is 2.04 bits per heavy atom. The SMILES string of the molecule is CCCNC(=O)c1ccc(NC(=O)c2ccc(S(=O)(=O)NOC)cc2)cc1. The summed E-state index contributed by atoms with van der Waals surface area (Å²) in [5.41, 5.74) is 1.31. The lowest BCUT2D eigenvalue weighted by Gasteiger charge is -2.08. The van der Waals surface area contributed by atoms with Crippen LogP contribution in [0.15, 0.2) is 53.4 Å². The van der Waals surface area contributed by atoms with E-state index in [-0.39, 0.29) is 16.4 Å². The molecule has 3 N–H and O–H groups in total. The molecule has 2 rings (SSSR count). The van der Waals surface area contributed by atoms with Crippen LogP contribution in [-0.2, 0) is 14.9 Å². The van der Waals surface area contributed by atoms with Crippen LogP contribution in [0.2, 0.25) is 0 Å². The monoisotopic (exact) mass is 391 g/mol. The zero-order valence-corrected chi connectivity index (χ0v) is 15.8. The van der Waals surface area contributed by atoms with Crippen LogP contribution in [-0.4, -0.2) is 33.9 Å². The molecule has 0 radical (unpaired) electrons. The van der Waals surface area contributed by atoms with Gasteiger partial charge in [-0.2, -0.15) is 0 Å². The molecule has 27 heavy (non-hydrogen) atoms. The maximum absolute atomic E-state index is 12.3. The van der Waals surface area contributed by atoms with Gasteiger partial charge in [0, 0.05) is 23.4 Å². The van der Waals surface area contributed by atoms with Crippen LogP contribution in [0.5, 0.6) is 0 Å². The molecule has 0 spiro atoms. The third kappa shape index (κ3) is 5.61. The van der Waals surface area contributed by atoms with Crippen molar-refractivity contribution in [3.05, 3.63) is 59.7 Å². The predicted molar refractivity (Wildman–Crippen MR) is 101 cm³/mol. The number of rotatable bonds is 8. The average Bonchev–Trinajstić information content (AvgIpc) is 2.66. The molecular weight excluding hydrogens is 370 g/mol. The Bertz CT molecular complexity index is 894. The second kappa shape index (κ2) is 9.26. The summed E-state index contributed by atoms with van der Waals surface area (Å²) in [4.78, 5) is 30.4. The number of carbonyl (C=O) groups is 2. The van der Waals surface area contributed by atoms with Crippen LogP contribution < -0.4 is 15.5 Å². The molecule has 2 amide bonds. The minimum absolute atomic E-state index is 0.0247. The third-order valence-corrected chi connectivity index (χ3v) is 4.84. The Morgan fingerprint density at radius 2 is 1.48 bits per heavy atom. The third-order valence-electron chi connectivity index (χ3n) is 3.56. The van der Waals surface area contributed by atoms with Crippen LogP contribution in [0.3, 0.4) is 0 Å². The first-order chi connectivity index (χ1) is 12.9. The van der Waals surface area contributed by atoms with E-state index in [1.165, 1.54) is 31.4 Å². The van der Waals surface area contributed by atoms with Crippen molar-refractivity contribution in [3.8, 4) is 0 Å². The van der Waals surface area contributed by atoms with E-state index in [2.05, 4.69) is 15.5 Å². The number of amides is 2. The highest BCUT2D eigenvalue weighted by molar-refractivity contribution is 7.89. The van der Waals surface area contributed by atoms with E-state index in [9.17, 15) is 18.0 Å². The van der Waals surface area contributed by atoms with E-state index >= 15 is 0 Å². The van der Waals surface area contributed by atoms with Crippen molar-refractivity contribution >= 4 is 27.5 Å². The van der Waals surface area contributed by atoms with Gasteiger partial charge in [0.1, 0.15) is 0 Å². The standard InChI is InChI=1S/C18H21N3O5S/c1-3-12-19-17(22)13-4-8-15(9-5-13)20-18(23)14-6-10-16(11-7-14)27(24,25)21-26-2/h4-11,21H,3,12H2,1-2H3,(H,19,22)(H,20,23). The highest BCUT2D eigenvalue weighted by Crippen LogP contribution is 2.14. The molecule has 0 atom stereocenters. The van der Waals surface area contributed by atoms with Crippen molar-refractivity contribution in [2.45, 2.75) is 18.2 Å². The van der Waals surface area contributed by atoms with Crippen molar-refractivity contribution in [3.63, 3.8) is 0 Å². The largest absolute Gasteiger partial charge is 0.352 e. The fourth-order valence-electron chi connectivity index (χ4n) is 2.19. The maximum Gasteiger partial charge on any atom is 0.262 e. The number of hydrogen-bond acceptors (Lipinski definition) is 5. The molecule has 9 heteroatoms. The Kier molecular flexibility index (Phi) is 7.05. The van der Waals surface area contributed by atoms with Crippen LogP contribution in [0.4, 0.5) is 5.69 Å². The quantitative estimate of drug-likeness (QED) is 0.595. The van der Waals surface area contributed by atoms with E-state index in [0.717, 1.165) is 6.42 Å². The number of benzene rings is 2. The molecule has 8 nitrogen and oxygen atoms in total. The van der Waals surface area contributed by atoms with E-state index in [0.29, 0.717) is 17.8 Å². The van der Waals surface area contributed by atoms with Crippen LogP contribution in [0, 0.1) is 0 Å². The summed E-state index contributed by atoms with van der Waals surface area (Å²) in [5.74, 6) is -0.571. The molecule has 0 aliphatic rings. The van der Waals surface area contributed by atoms with Gasteiger partial charge in [-0.25, -0.2) is 8.42 Å². The fourth-order valence-corrected chi connectivity index (χ4v) is 3.00. The zero-order valence-electron chi connectivity index (χ0n) is 15.0. The molecule has 0 unspecified atom stereocenters. The molecule has 0 saturated carbocycles. The average molecular weight is 391 g/mol. The second-order valence-corrected chi connectivity index (χ2v) is 7.25. The molecule has 2 aromatic carbocycles. The minimum atomic E-state index is -3.77. The number of sulfonamides is 1. The Morgan fingerprint density at radius 1 is 0.926 bits per heavy atom. The van der Waals surface area contributed by atoms with Gasteiger partial charge in [-0.1, -0.05) is 11.8 Å². The topological polar surface area (TPSA) is 114 Å². The zero-order chi connectivity index (χ0) is 19.9. The van der Waals surface area contributed by atoms with E-state index in [1.54, 1.807) is 24.3 Å². The fraction of sp³-hybridized carbons (Fsp3) is 0.222. The van der Waals surface area contributed by atoms with Gasteiger partial charge in [0.05, 0.1) is 12.0 Å². The second-order valence-electron chi connectivity index (χ2n) is 5.60. The first kappa shape index (κ1) is 20.6. The molecule has 0 bridgehead atoms. The highest BCUT2D eigenvalue weighted by Gasteiger charge is 2.14. The summed E-state index contributed by atoms with van der Waals surface area (Å²) in [6.45, 7) is 2.57. The summed E-state index contributed by atoms with van der Waals surface area (Å²) in [6.07, 6.45) is 0.849. The molecule has 0 aromatic heterocycles. The lowest BCUT2D eigenvalue weighted by molar-refractivity contribution is 0.0953. The number of hydrogen-bond donors (Lipinski definition) is 3. The summed E-state index contributed by atoms with van der Waals surface area (Å²) in [6, 6.07) is 11.9. The summed E-state index contributed by atoms with van der Waals surface area (Å²) >= 11 is 0. The van der Waals surface area contributed by atoms with E-state index < -0.39 is 15.9 Å². The molecule has 2 aromatic rings. The maximum atomic E-state index is 12.3. The Labute approximate surface area is 157 Å². The van der Waals surface area contributed by atoms with Crippen LogP contribution in [0.1, 0.15) is 34.1 Å². The van der Waals surface area contributed by atoms with Gasteiger partial charge in [-0.3, -0.25) is 14.4 Å². The lowest BCUT2D eigenvalue weighted by atomic mass is 10.1. The molecule has 0 heterocycles. The molecular formula is C18H21N3O5S. The number of carbonyl (C=O) groups excluding carboxylic acids is 2. The number of anilines is 1.